The van der Waals surface area contributed by atoms with Crippen LogP contribution in [-0.2, 0) is 0 Å². The van der Waals surface area contributed by atoms with Crippen molar-refractivity contribution in [3.63, 3.8) is 0 Å². The Morgan fingerprint density at radius 2 is 2.06 bits per heavy atom. The maximum atomic E-state index is 11.2. The molecule has 0 aliphatic carbocycles. The molecule has 17 heavy (non-hydrogen) atoms. The summed E-state index contributed by atoms with van der Waals surface area (Å²) in [4.78, 5) is 20.8. The zero-order valence-electron chi connectivity index (χ0n) is 8.64. The van der Waals surface area contributed by atoms with Gasteiger partial charge in [0.1, 0.15) is 5.58 Å². The Hall–Kier alpha value is -0.890. The Morgan fingerprint density at radius 3 is 2.65 bits per heavy atom. The van der Waals surface area contributed by atoms with Gasteiger partial charge >= 0.3 is 40.9 Å². The molecule has 0 bridgehead atoms. The Kier molecular flexibility index (Phi) is 4.31. The molecule has 82 valence electrons. The minimum atomic E-state index is -1.17. The molecule has 2 aromatic rings. The molecule has 0 spiro atoms. The molecule has 1 heterocycles. The van der Waals surface area contributed by atoms with Crippen LogP contribution in [0.25, 0.3) is 11.0 Å². The Morgan fingerprint density at radius 1 is 1.41 bits per heavy atom. The predicted molar refractivity (Wildman–Crippen MR) is 58.5 cm³/mol. The summed E-state index contributed by atoms with van der Waals surface area (Å²) in [6.07, 6.45) is 0. The summed E-state index contributed by atoms with van der Waals surface area (Å²) in [5.74, 6) is -0.683. The first kappa shape index (κ1) is 14.2. The van der Waals surface area contributed by atoms with Gasteiger partial charge in [0.25, 0.3) is 0 Å². The van der Waals surface area contributed by atoms with E-state index in [1.807, 2.05) is 0 Å². The van der Waals surface area contributed by atoms with E-state index in [-0.39, 0.29) is 40.5 Å². The molecular weight excluding hydrogens is 305 g/mol. The summed E-state index contributed by atoms with van der Waals surface area (Å²) in [6.45, 7) is 0. The molecule has 0 saturated heterocycles. The zero-order chi connectivity index (χ0) is 11.9. The van der Waals surface area contributed by atoms with Crippen LogP contribution in [-0.4, -0.2) is 10.0 Å². The Bertz CT molecular complexity index is 654. The van der Waals surface area contributed by atoms with Gasteiger partial charge in [0, 0.05) is 4.47 Å². The molecule has 1 aromatic carbocycles. The molecule has 1 aromatic heterocycles. The van der Waals surface area contributed by atoms with E-state index in [0.29, 0.717) is 4.47 Å². The Balaban J connectivity index is 0.00000144. The topological polar surface area (TPSA) is 93.6 Å². The van der Waals surface area contributed by atoms with Crippen molar-refractivity contribution < 1.29 is 44.0 Å². The first-order valence-electron chi connectivity index (χ1n) is 4.10. The third-order valence-electron chi connectivity index (χ3n) is 2.00. The number of aromatic hydroxyl groups is 1. The van der Waals surface area contributed by atoms with Crippen LogP contribution in [0.15, 0.2) is 31.9 Å². The fraction of sp³-hybridized carbons (Fsp3) is 0. The van der Waals surface area contributed by atoms with Gasteiger partial charge in [-0.2, -0.15) is 0 Å². The second-order valence-corrected chi connectivity index (χ2v) is 3.90. The largest absolute Gasteiger partial charge is 1.00 e. The van der Waals surface area contributed by atoms with Crippen molar-refractivity contribution >= 4 is 32.6 Å². The third-order valence-corrected chi connectivity index (χ3v) is 2.49. The second kappa shape index (κ2) is 5.18. The van der Waals surface area contributed by atoms with Crippen LogP contribution in [0.1, 0.15) is 0 Å². The van der Waals surface area contributed by atoms with Gasteiger partial charge in [-0.3, -0.25) is 10.1 Å². The van der Waals surface area contributed by atoms with Gasteiger partial charge < -0.3 is 9.52 Å². The van der Waals surface area contributed by atoms with Crippen LogP contribution in [0.2, 0.25) is 0 Å². The number of rotatable bonds is 1. The molecule has 0 fully saturated rings. The van der Waals surface area contributed by atoms with Crippen molar-refractivity contribution in [1.29, 1.82) is 0 Å². The van der Waals surface area contributed by atoms with Crippen molar-refractivity contribution in [1.82, 2.24) is 0 Å². The van der Waals surface area contributed by atoms with Gasteiger partial charge in [-0.1, -0.05) is 15.9 Å². The molecule has 6 nitrogen and oxygen atoms in total. The van der Waals surface area contributed by atoms with Gasteiger partial charge in [0.15, 0.2) is 0 Å². The molecule has 2 rings (SSSR count). The number of hydrogen-bond acceptors (Lipinski definition) is 5. The molecule has 1 N–H and O–H groups in total. The molecule has 0 aliphatic heterocycles. The SMILES string of the molecule is O=c1oc2ccc(Br)cc2c(O)c1[N+](=O)[O-].[Na+]. The molecule has 0 unspecified atom stereocenters. The van der Waals surface area contributed by atoms with Crippen molar-refractivity contribution in [2.24, 2.45) is 0 Å². The number of benzene rings is 1. The van der Waals surface area contributed by atoms with Gasteiger partial charge in [0.2, 0.25) is 5.75 Å². The first-order chi connectivity index (χ1) is 7.50. The number of nitrogens with zero attached hydrogens (tertiary/aromatic N) is 1. The second-order valence-electron chi connectivity index (χ2n) is 2.98. The van der Waals surface area contributed by atoms with Crippen molar-refractivity contribution in [2.45, 2.75) is 0 Å². The number of nitro groups is 1. The summed E-state index contributed by atoms with van der Waals surface area (Å²) in [5, 5.41) is 20.3. The number of fused-ring (bicyclic) bond motifs is 1. The third kappa shape index (κ3) is 2.52. The Labute approximate surface area is 125 Å². The average molecular weight is 309 g/mol. The van der Waals surface area contributed by atoms with E-state index in [4.69, 9.17) is 4.42 Å². The molecule has 0 atom stereocenters. The minimum absolute atomic E-state index is 0. The maximum Gasteiger partial charge on any atom is 1.00 e. The van der Waals surface area contributed by atoms with E-state index >= 15 is 0 Å². The van der Waals surface area contributed by atoms with Gasteiger partial charge in [-0.05, 0) is 18.2 Å². The van der Waals surface area contributed by atoms with E-state index < -0.39 is 22.0 Å². The molecular formula is C9H4BrNNaO5+. The van der Waals surface area contributed by atoms with E-state index in [1.54, 1.807) is 6.07 Å². The van der Waals surface area contributed by atoms with Crippen LogP contribution in [0, 0.1) is 10.1 Å². The van der Waals surface area contributed by atoms with Crippen molar-refractivity contribution in [2.75, 3.05) is 0 Å². The first-order valence-corrected chi connectivity index (χ1v) is 4.89. The number of hydrogen-bond donors (Lipinski definition) is 1. The maximum absolute atomic E-state index is 11.2. The normalized spacial score (nSPS) is 9.94. The summed E-state index contributed by atoms with van der Waals surface area (Å²) < 4.78 is 5.32. The summed E-state index contributed by atoms with van der Waals surface area (Å²) in [6, 6.07) is 4.46. The van der Waals surface area contributed by atoms with E-state index in [1.165, 1.54) is 12.1 Å². The van der Waals surface area contributed by atoms with Crippen molar-refractivity contribution in [3.05, 3.63) is 43.2 Å². The fourth-order valence-corrected chi connectivity index (χ4v) is 1.67. The monoisotopic (exact) mass is 308 g/mol. The molecule has 0 amide bonds. The molecule has 8 heteroatoms. The summed E-state index contributed by atoms with van der Waals surface area (Å²) >= 11 is 3.15. The fourth-order valence-electron chi connectivity index (χ4n) is 1.31. The molecule has 0 aliphatic rings. The quantitative estimate of drug-likeness (QED) is 0.321. The van der Waals surface area contributed by atoms with E-state index in [2.05, 4.69) is 15.9 Å². The zero-order valence-corrected chi connectivity index (χ0v) is 12.2. The van der Waals surface area contributed by atoms with Gasteiger partial charge in [0.05, 0.1) is 10.3 Å². The van der Waals surface area contributed by atoms with E-state index in [9.17, 15) is 20.0 Å². The summed E-state index contributed by atoms with van der Waals surface area (Å²) in [7, 11) is 0. The van der Waals surface area contributed by atoms with Crippen LogP contribution in [0.4, 0.5) is 5.69 Å². The molecule has 0 saturated carbocycles. The van der Waals surface area contributed by atoms with Crippen LogP contribution >= 0.6 is 15.9 Å². The predicted octanol–water partition coefficient (Wildman–Crippen LogP) is -0.827. The van der Waals surface area contributed by atoms with Crippen LogP contribution in [0.5, 0.6) is 5.75 Å². The van der Waals surface area contributed by atoms with Crippen molar-refractivity contribution in [3.8, 4) is 5.75 Å². The van der Waals surface area contributed by atoms with Crippen LogP contribution in [0.3, 0.4) is 0 Å². The standard InChI is InChI=1S/C9H4BrNO5.Na/c10-4-1-2-6-5(3-4)8(12)7(11(14)15)9(13)16-6;/h1-3,12H;/q;+1. The van der Waals surface area contributed by atoms with Crippen LogP contribution < -0.4 is 35.2 Å². The van der Waals surface area contributed by atoms with E-state index in [0.717, 1.165) is 0 Å². The molecule has 0 radical (unpaired) electrons. The van der Waals surface area contributed by atoms with Gasteiger partial charge in [-0.15, -0.1) is 0 Å². The smallest absolute Gasteiger partial charge is 0.501 e. The number of halogens is 1. The minimum Gasteiger partial charge on any atom is -0.501 e. The van der Waals surface area contributed by atoms with Gasteiger partial charge in [-0.25, -0.2) is 4.79 Å². The summed E-state index contributed by atoms with van der Waals surface area (Å²) in [5.41, 5.74) is -2.03. The average Bonchev–Trinajstić information content (AvgIpc) is 2.19.